The Labute approximate surface area is 170 Å². The largest absolute Gasteiger partial charge is 0.326 e. The number of carbonyl (C=O) groups excluding carboxylic acids is 3. The molecule has 0 aliphatic carbocycles. The number of ketones is 1. The highest BCUT2D eigenvalue weighted by Crippen LogP contribution is 2.33. The summed E-state index contributed by atoms with van der Waals surface area (Å²) in [6.45, 7) is 1.71. The number of thioether (sulfide) groups is 1. The molecule has 5 nitrogen and oxygen atoms in total. The van der Waals surface area contributed by atoms with Gasteiger partial charge in [-0.15, -0.1) is 11.3 Å². The summed E-state index contributed by atoms with van der Waals surface area (Å²) < 4.78 is 0.460. The number of amides is 2. The molecule has 0 saturated carbocycles. The van der Waals surface area contributed by atoms with Gasteiger partial charge in [0.15, 0.2) is 5.78 Å². The number of carbonyl (C=O) groups is 3. The summed E-state index contributed by atoms with van der Waals surface area (Å²) in [5.74, 6) is -0.420. The van der Waals surface area contributed by atoms with E-state index in [1.807, 2.05) is 23.6 Å². The first-order chi connectivity index (χ1) is 12.9. The van der Waals surface area contributed by atoms with Crippen LogP contribution in [0.4, 0.5) is 5.69 Å². The molecule has 2 aromatic rings. The first-order valence-corrected chi connectivity index (χ1v) is 10.2. The van der Waals surface area contributed by atoms with Crippen molar-refractivity contribution in [3.05, 3.63) is 57.1 Å². The molecule has 1 N–H and O–H groups in total. The van der Waals surface area contributed by atoms with E-state index < -0.39 is 0 Å². The van der Waals surface area contributed by atoms with Crippen molar-refractivity contribution in [2.45, 2.75) is 13.3 Å². The van der Waals surface area contributed by atoms with Crippen LogP contribution in [-0.4, -0.2) is 33.4 Å². The number of rotatable bonds is 6. The standard InChI is InChI=1S/C19H16N2O3S3/c1-12(22)13-4-6-14(7-5-13)20-17(23)8-9-21-18(24)16(27-19(21)25)11-15-3-2-10-26-15/h2-7,10-11H,8-9H2,1H3,(H,20,23). The van der Waals surface area contributed by atoms with Crippen LogP contribution in [0.5, 0.6) is 0 Å². The third kappa shape index (κ3) is 4.91. The number of thiophene rings is 1. The number of benzene rings is 1. The van der Waals surface area contributed by atoms with Gasteiger partial charge in [-0.05, 0) is 48.7 Å². The highest BCUT2D eigenvalue weighted by Gasteiger charge is 2.32. The van der Waals surface area contributed by atoms with Gasteiger partial charge >= 0.3 is 0 Å². The van der Waals surface area contributed by atoms with Gasteiger partial charge in [0.25, 0.3) is 5.91 Å². The molecule has 138 valence electrons. The fourth-order valence-corrected chi connectivity index (χ4v) is 4.45. The molecule has 0 spiro atoms. The monoisotopic (exact) mass is 416 g/mol. The minimum atomic E-state index is -0.220. The van der Waals surface area contributed by atoms with Crippen molar-refractivity contribution in [2.75, 3.05) is 11.9 Å². The summed E-state index contributed by atoms with van der Waals surface area (Å²) in [6, 6.07) is 10.5. The van der Waals surface area contributed by atoms with Crippen LogP contribution in [0, 0.1) is 0 Å². The van der Waals surface area contributed by atoms with E-state index in [0.29, 0.717) is 20.5 Å². The van der Waals surface area contributed by atoms with Gasteiger partial charge in [0.1, 0.15) is 4.32 Å². The Morgan fingerprint density at radius 1 is 1.22 bits per heavy atom. The summed E-state index contributed by atoms with van der Waals surface area (Å²) in [5, 5.41) is 4.70. The average molecular weight is 417 g/mol. The normalized spacial score (nSPS) is 15.4. The molecule has 27 heavy (non-hydrogen) atoms. The summed E-state index contributed by atoms with van der Waals surface area (Å²) >= 11 is 8.08. The Balaban J connectivity index is 1.56. The van der Waals surface area contributed by atoms with Crippen molar-refractivity contribution in [1.82, 2.24) is 4.90 Å². The number of nitrogens with zero attached hydrogens (tertiary/aromatic N) is 1. The molecule has 1 aliphatic heterocycles. The Hall–Kier alpha value is -2.29. The van der Waals surface area contributed by atoms with E-state index >= 15 is 0 Å². The van der Waals surface area contributed by atoms with Gasteiger partial charge in [-0.2, -0.15) is 0 Å². The van der Waals surface area contributed by atoms with Gasteiger partial charge in [0.05, 0.1) is 4.91 Å². The zero-order valence-corrected chi connectivity index (χ0v) is 16.9. The molecular formula is C19H16N2O3S3. The Morgan fingerprint density at radius 2 is 1.96 bits per heavy atom. The number of thiocarbonyl (C=S) groups is 1. The molecule has 1 aromatic carbocycles. The van der Waals surface area contributed by atoms with Crippen molar-refractivity contribution in [3.63, 3.8) is 0 Å². The Bertz CT molecular complexity index is 918. The molecule has 0 unspecified atom stereocenters. The maximum absolute atomic E-state index is 12.5. The van der Waals surface area contributed by atoms with Crippen LogP contribution in [0.25, 0.3) is 6.08 Å². The Kier molecular flexibility index (Phi) is 6.20. The van der Waals surface area contributed by atoms with Crippen LogP contribution in [0.3, 0.4) is 0 Å². The van der Waals surface area contributed by atoms with E-state index in [2.05, 4.69) is 5.32 Å². The van der Waals surface area contributed by atoms with E-state index in [4.69, 9.17) is 12.2 Å². The fraction of sp³-hybridized carbons (Fsp3) is 0.158. The topological polar surface area (TPSA) is 66.5 Å². The van der Waals surface area contributed by atoms with Crippen LogP contribution in [-0.2, 0) is 9.59 Å². The van der Waals surface area contributed by atoms with E-state index in [-0.39, 0.29) is 30.6 Å². The molecule has 8 heteroatoms. The molecule has 0 radical (unpaired) electrons. The molecule has 0 bridgehead atoms. The number of Topliss-reactive ketones (excluding diaryl/α,β-unsaturated/α-hetero) is 1. The molecule has 1 fully saturated rings. The van der Waals surface area contributed by atoms with E-state index in [1.54, 1.807) is 35.6 Å². The number of hydrogen-bond donors (Lipinski definition) is 1. The number of anilines is 1. The fourth-order valence-electron chi connectivity index (χ4n) is 2.42. The van der Waals surface area contributed by atoms with Crippen LogP contribution in [0.2, 0.25) is 0 Å². The van der Waals surface area contributed by atoms with Crippen LogP contribution >= 0.6 is 35.3 Å². The first-order valence-electron chi connectivity index (χ1n) is 8.14. The predicted molar refractivity (Wildman–Crippen MR) is 114 cm³/mol. The van der Waals surface area contributed by atoms with Gasteiger partial charge in [-0.1, -0.05) is 30.0 Å². The van der Waals surface area contributed by atoms with E-state index in [0.717, 1.165) is 4.88 Å². The summed E-state index contributed by atoms with van der Waals surface area (Å²) in [7, 11) is 0. The zero-order chi connectivity index (χ0) is 19.4. The lowest BCUT2D eigenvalue weighted by molar-refractivity contribution is -0.122. The second kappa shape index (κ2) is 8.60. The predicted octanol–water partition coefficient (Wildman–Crippen LogP) is 4.18. The van der Waals surface area contributed by atoms with Gasteiger partial charge in [0.2, 0.25) is 5.91 Å². The number of nitrogens with one attached hydrogen (secondary N) is 1. The van der Waals surface area contributed by atoms with Gasteiger partial charge in [0, 0.05) is 29.1 Å². The first kappa shape index (κ1) is 19.5. The molecule has 1 aromatic heterocycles. The molecule has 1 saturated heterocycles. The van der Waals surface area contributed by atoms with Gasteiger partial charge in [-0.3, -0.25) is 19.3 Å². The lowest BCUT2D eigenvalue weighted by Gasteiger charge is -2.14. The van der Waals surface area contributed by atoms with E-state index in [1.165, 1.54) is 23.6 Å². The maximum Gasteiger partial charge on any atom is 0.266 e. The molecule has 2 amide bonds. The maximum atomic E-state index is 12.5. The molecule has 2 heterocycles. The molecule has 3 rings (SSSR count). The van der Waals surface area contributed by atoms with Crippen molar-refractivity contribution in [2.24, 2.45) is 0 Å². The van der Waals surface area contributed by atoms with Crippen molar-refractivity contribution in [3.8, 4) is 0 Å². The van der Waals surface area contributed by atoms with Gasteiger partial charge < -0.3 is 5.32 Å². The lowest BCUT2D eigenvalue weighted by atomic mass is 10.1. The van der Waals surface area contributed by atoms with Crippen LogP contribution in [0.15, 0.2) is 46.7 Å². The highest BCUT2D eigenvalue weighted by molar-refractivity contribution is 8.26. The van der Waals surface area contributed by atoms with Crippen molar-refractivity contribution < 1.29 is 14.4 Å². The summed E-state index contributed by atoms with van der Waals surface area (Å²) in [4.78, 5) is 39.0. The second-order valence-electron chi connectivity index (χ2n) is 5.78. The Morgan fingerprint density at radius 3 is 2.59 bits per heavy atom. The average Bonchev–Trinajstić information content (AvgIpc) is 3.23. The van der Waals surface area contributed by atoms with Crippen LogP contribution in [0.1, 0.15) is 28.6 Å². The second-order valence-corrected chi connectivity index (χ2v) is 8.44. The minimum absolute atomic E-state index is 0.0298. The van der Waals surface area contributed by atoms with E-state index in [9.17, 15) is 14.4 Å². The van der Waals surface area contributed by atoms with Gasteiger partial charge in [-0.25, -0.2) is 0 Å². The third-order valence-electron chi connectivity index (χ3n) is 3.83. The van der Waals surface area contributed by atoms with Crippen molar-refractivity contribution >= 4 is 69.0 Å². The minimum Gasteiger partial charge on any atom is -0.326 e. The third-order valence-corrected chi connectivity index (χ3v) is 6.02. The van der Waals surface area contributed by atoms with Crippen molar-refractivity contribution in [1.29, 1.82) is 0 Å². The molecule has 0 atom stereocenters. The van der Waals surface area contributed by atoms with Crippen LogP contribution < -0.4 is 5.32 Å². The molecular weight excluding hydrogens is 400 g/mol. The summed E-state index contributed by atoms with van der Waals surface area (Å²) in [6.07, 6.45) is 1.95. The zero-order valence-electron chi connectivity index (χ0n) is 14.4. The number of hydrogen-bond acceptors (Lipinski definition) is 6. The molecule has 1 aliphatic rings. The summed E-state index contributed by atoms with van der Waals surface area (Å²) in [5.41, 5.74) is 1.19. The SMILES string of the molecule is CC(=O)c1ccc(NC(=O)CCN2C(=O)C(=Cc3cccs3)SC2=S)cc1. The quantitative estimate of drug-likeness (QED) is 0.435. The smallest absolute Gasteiger partial charge is 0.266 e. The highest BCUT2D eigenvalue weighted by atomic mass is 32.2. The lowest BCUT2D eigenvalue weighted by Crippen LogP contribution is -2.31.